The molecule has 2 aliphatic rings. The molecule has 1 aromatic carbocycles. The van der Waals surface area contributed by atoms with Gasteiger partial charge in [-0.3, -0.25) is 24.8 Å². The van der Waals surface area contributed by atoms with Crippen molar-refractivity contribution >= 4 is 28.8 Å². The fourth-order valence-electron chi connectivity index (χ4n) is 4.06. The number of aromatic nitrogens is 4. The lowest BCUT2D eigenvalue weighted by atomic mass is 10.0. The molecule has 4 N–H and O–H groups in total. The number of imide groups is 1. The summed E-state index contributed by atoms with van der Waals surface area (Å²) in [5, 5.41) is 10.0. The lowest BCUT2D eigenvalue weighted by molar-refractivity contribution is -0.136. The van der Waals surface area contributed by atoms with Gasteiger partial charge in [0.15, 0.2) is 5.65 Å². The van der Waals surface area contributed by atoms with Gasteiger partial charge in [0.2, 0.25) is 11.8 Å². The molecule has 152 valence electrons. The maximum Gasteiger partial charge on any atom is 0.255 e. The van der Waals surface area contributed by atoms with Gasteiger partial charge in [0, 0.05) is 30.5 Å². The van der Waals surface area contributed by atoms with E-state index >= 15 is 0 Å². The second-order valence-electron chi connectivity index (χ2n) is 7.43. The molecule has 1 unspecified atom stereocenters. The number of piperidine rings is 1. The monoisotopic (exact) mass is 405 g/mol. The Morgan fingerprint density at radius 3 is 2.87 bits per heavy atom. The van der Waals surface area contributed by atoms with Crippen LogP contribution in [0.25, 0.3) is 22.3 Å². The molecular weight excluding hydrogens is 386 g/mol. The van der Waals surface area contributed by atoms with Crippen molar-refractivity contribution in [3.63, 3.8) is 0 Å². The first-order chi connectivity index (χ1) is 14.5. The van der Waals surface area contributed by atoms with E-state index in [2.05, 4.69) is 25.5 Å². The van der Waals surface area contributed by atoms with Gasteiger partial charge in [0.1, 0.15) is 11.9 Å². The number of H-pyrrole nitrogens is 1. The van der Waals surface area contributed by atoms with Crippen LogP contribution in [0.2, 0.25) is 0 Å². The highest BCUT2D eigenvalue weighted by Gasteiger charge is 2.39. The second-order valence-corrected chi connectivity index (χ2v) is 7.43. The van der Waals surface area contributed by atoms with E-state index in [4.69, 9.17) is 5.73 Å². The number of nitrogens with one attached hydrogen (secondary N) is 2. The van der Waals surface area contributed by atoms with Crippen LogP contribution in [0.5, 0.6) is 0 Å². The molecular formula is C20H19N7O3. The van der Waals surface area contributed by atoms with Crippen molar-refractivity contribution in [1.82, 2.24) is 30.4 Å². The van der Waals surface area contributed by atoms with Crippen LogP contribution >= 0.6 is 0 Å². The molecule has 3 amide bonds. The average Bonchev–Trinajstić information content (AvgIpc) is 3.32. The van der Waals surface area contributed by atoms with Crippen LogP contribution in [0.15, 0.2) is 24.4 Å². The third-order valence-corrected chi connectivity index (χ3v) is 5.52. The van der Waals surface area contributed by atoms with E-state index in [0.717, 1.165) is 16.5 Å². The third kappa shape index (κ3) is 2.92. The van der Waals surface area contributed by atoms with Crippen molar-refractivity contribution in [2.45, 2.75) is 31.8 Å². The fraction of sp³-hybridized carbons (Fsp3) is 0.300. The Balaban J connectivity index is 1.51. The summed E-state index contributed by atoms with van der Waals surface area (Å²) >= 11 is 0. The number of carbonyl (C=O) groups excluding carboxylic acids is 3. The molecule has 1 atom stereocenters. The highest BCUT2D eigenvalue weighted by Crippen LogP contribution is 2.32. The first-order valence-corrected chi connectivity index (χ1v) is 9.73. The Hall–Kier alpha value is -3.66. The van der Waals surface area contributed by atoms with Gasteiger partial charge in [-0.1, -0.05) is 6.07 Å². The van der Waals surface area contributed by atoms with Crippen LogP contribution in [-0.4, -0.2) is 55.4 Å². The molecule has 1 fully saturated rings. The van der Waals surface area contributed by atoms with E-state index in [1.165, 1.54) is 4.90 Å². The number of carbonyl (C=O) groups is 3. The van der Waals surface area contributed by atoms with Gasteiger partial charge in [-0.15, -0.1) is 0 Å². The Bertz CT molecular complexity index is 1200. The Morgan fingerprint density at radius 1 is 1.20 bits per heavy atom. The minimum Gasteiger partial charge on any atom is -0.330 e. The predicted octanol–water partition coefficient (Wildman–Crippen LogP) is 0.282. The minimum atomic E-state index is -0.637. The number of fused-ring (bicyclic) bond motifs is 2. The molecule has 10 heteroatoms. The Labute approximate surface area is 170 Å². The zero-order valence-corrected chi connectivity index (χ0v) is 16.0. The number of nitrogens with zero attached hydrogens (tertiary/aromatic N) is 4. The summed E-state index contributed by atoms with van der Waals surface area (Å²) in [6.07, 6.45) is 2.77. The van der Waals surface area contributed by atoms with Crippen LogP contribution in [-0.2, 0) is 22.6 Å². The third-order valence-electron chi connectivity index (χ3n) is 5.52. The molecule has 0 spiro atoms. The van der Waals surface area contributed by atoms with Crippen molar-refractivity contribution in [2.24, 2.45) is 5.73 Å². The predicted molar refractivity (Wildman–Crippen MR) is 106 cm³/mol. The van der Waals surface area contributed by atoms with Gasteiger partial charge in [-0.25, -0.2) is 9.97 Å². The van der Waals surface area contributed by atoms with E-state index in [-0.39, 0.29) is 18.2 Å². The number of rotatable bonds is 4. The topological polar surface area (TPSA) is 147 Å². The van der Waals surface area contributed by atoms with Crippen molar-refractivity contribution in [2.75, 3.05) is 6.54 Å². The van der Waals surface area contributed by atoms with Crippen LogP contribution < -0.4 is 11.1 Å². The van der Waals surface area contributed by atoms with Gasteiger partial charge in [-0.05, 0) is 30.7 Å². The summed E-state index contributed by atoms with van der Waals surface area (Å²) in [6.45, 7) is 0.738. The fourth-order valence-corrected chi connectivity index (χ4v) is 4.06. The summed E-state index contributed by atoms with van der Waals surface area (Å²) in [7, 11) is 0. The number of aromatic amines is 1. The van der Waals surface area contributed by atoms with Crippen molar-refractivity contribution < 1.29 is 14.4 Å². The molecule has 4 heterocycles. The average molecular weight is 405 g/mol. The quantitative estimate of drug-likeness (QED) is 0.528. The van der Waals surface area contributed by atoms with Gasteiger partial charge in [0.25, 0.3) is 5.91 Å². The number of nitrogens with two attached hydrogens (primary N) is 1. The van der Waals surface area contributed by atoms with Crippen LogP contribution in [0.1, 0.15) is 34.6 Å². The first-order valence-electron chi connectivity index (χ1n) is 9.73. The molecule has 3 aromatic rings. The zero-order chi connectivity index (χ0) is 20.8. The van der Waals surface area contributed by atoms with E-state index in [9.17, 15) is 14.4 Å². The number of benzene rings is 1. The van der Waals surface area contributed by atoms with Crippen molar-refractivity contribution in [1.29, 1.82) is 0 Å². The second kappa shape index (κ2) is 6.99. The van der Waals surface area contributed by atoms with Crippen LogP contribution in [0.4, 0.5) is 0 Å². The SMILES string of the molecule is NCCc1nc(-c2ccc3c(c2)CN(C2CCC(=O)NC2=O)C3=O)c2cn[nH]c2n1. The summed E-state index contributed by atoms with van der Waals surface area (Å²) < 4.78 is 0. The molecule has 0 radical (unpaired) electrons. The molecule has 2 aliphatic heterocycles. The highest BCUT2D eigenvalue weighted by atomic mass is 16.2. The zero-order valence-electron chi connectivity index (χ0n) is 16.0. The lowest BCUT2D eigenvalue weighted by Gasteiger charge is -2.29. The Morgan fingerprint density at radius 2 is 2.07 bits per heavy atom. The molecule has 1 saturated heterocycles. The molecule has 5 rings (SSSR count). The number of amides is 3. The maximum atomic E-state index is 12.9. The maximum absolute atomic E-state index is 12.9. The minimum absolute atomic E-state index is 0.203. The molecule has 10 nitrogen and oxygen atoms in total. The Kier molecular flexibility index (Phi) is 4.28. The molecule has 0 aliphatic carbocycles. The largest absolute Gasteiger partial charge is 0.330 e. The van der Waals surface area contributed by atoms with Gasteiger partial charge < -0.3 is 10.6 Å². The summed E-state index contributed by atoms with van der Waals surface area (Å²) in [6, 6.07) is 4.88. The molecule has 2 aromatic heterocycles. The normalized spacial score (nSPS) is 18.8. The van der Waals surface area contributed by atoms with Gasteiger partial charge >= 0.3 is 0 Å². The van der Waals surface area contributed by atoms with Gasteiger partial charge in [0.05, 0.1) is 17.3 Å². The summed E-state index contributed by atoms with van der Waals surface area (Å²) in [5.41, 5.74) is 9.21. The molecule has 0 saturated carbocycles. The molecule has 30 heavy (non-hydrogen) atoms. The van der Waals surface area contributed by atoms with E-state index in [1.54, 1.807) is 12.3 Å². The van der Waals surface area contributed by atoms with E-state index < -0.39 is 11.9 Å². The smallest absolute Gasteiger partial charge is 0.255 e. The molecule has 0 bridgehead atoms. The number of hydrogen-bond donors (Lipinski definition) is 3. The van der Waals surface area contributed by atoms with E-state index in [1.807, 2.05) is 12.1 Å². The van der Waals surface area contributed by atoms with Crippen molar-refractivity contribution in [3.05, 3.63) is 41.3 Å². The lowest BCUT2D eigenvalue weighted by Crippen LogP contribution is -2.52. The number of hydrogen-bond acceptors (Lipinski definition) is 7. The summed E-state index contributed by atoms with van der Waals surface area (Å²) in [4.78, 5) is 47.2. The highest BCUT2D eigenvalue weighted by molar-refractivity contribution is 6.05. The van der Waals surface area contributed by atoms with Crippen LogP contribution in [0, 0.1) is 0 Å². The summed E-state index contributed by atoms with van der Waals surface area (Å²) in [5.74, 6) is -0.309. The van der Waals surface area contributed by atoms with Crippen LogP contribution in [0.3, 0.4) is 0 Å². The standard InChI is InChI=1S/C20H19N7O3/c21-6-5-15-23-17(13-8-22-26-18(13)24-15)10-1-2-12-11(7-10)9-27(20(12)30)14-3-4-16(28)25-19(14)29/h1-2,7-8,14H,3-6,9,21H2,(H,25,28,29)(H,22,23,24,26). The van der Waals surface area contributed by atoms with Gasteiger partial charge in [-0.2, -0.15) is 5.10 Å². The first kappa shape index (κ1) is 18.4. The van der Waals surface area contributed by atoms with E-state index in [0.29, 0.717) is 48.7 Å². The van der Waals surface area contributed by atoms with Crippen molar-refractivity contribution in [3.8, 4) is 11.3 Å².